The average molecular weight is 537 g/mol. The van der Waals surface area contributed by atoms with Crippen LogP contribution in [-0.2, 0) is 0 Å². The minimum atomic E-state index is -0.414. The Bertz CT molecular complexity index is 1140. The number of nitrogens with zero attached hydrogens (tertiary/aromatic N) is 1. The van der Waals surface area contributed by atoms with Gasteiger partial charge in [-0.1, -0.05) is 46.3 Å². The minimum absolute atomic E-state index is 0.137. The van der Waals surface area contributed by atoms with Crippen molar-refractivity contribution in [1.29, 1.82) is 0 Å². The van der Waals surface area contributed by atoms with Gasteiger partial charge in [0, 0.05) is 34.5 Å². The molecule has 1 saturated heterocycles. The highest BCUT2D eigenvalue weighted by Crippen LogP contribution is 2.53. The second-order valence-electron chi connectivity index (χ2n) is 10.1. The van der Waals surface area contributed by atoms with Crippen molar-refractivity contribution in [2.45, 2.75) is 44.1 Å². The van der Waals surface area contributed by atoms with Gasteiger partial charge in [-0.15, -0.1) is 0 Å². The summed E-state index contributed by atoms with van der Waals surface area (Å²) in [6, 6.07) is 23.5. The highest BCUT2D eigenvalue weighted by molar-refractivity contribution is 9.10. The first kappa shape index (κ1) is 24.2. The number of ether oxygens (including phenoxy) is 3. The fourth-order valence-electron chi connectivity index (χ4n) is 5.62. The molecule has 0 radical (unpaired) electrons. The van der Waals surface area contributed by atoms with Crippen molar-refractivity contribution < 1.29 is 14.2 Å². The zero-order valence-electron chi connectivity index (χ0n) is 20.8. The van der Waals surface area contributed by atoms with Gasteiger partial charge in [0.15, 0.2) is 0 Å². The van der Waals surface area contributed by atoms with Gasteiger partial charge in [-0.2, -0.15) is 0 Å². The van der Waals surface area contributed by atoms with E-state index in [1.165, 1.54) is 42.6 Å². The van der Waals surface area contributed by atoms with Crippen LogP contribution >= 0.6 is 15.9 Å². The summed E-state index contributed by atoms with van der Waals surface area (Å²) in [4.78, 5) is 2.48. The van der Waals surface area contributed by atoms with Crippen molar-refractivity contribution in [3.63, 3.8) is 0 Å². The van der Waals surface area contributed by atoms with Crippen LogP contribution in [0.4, 0.5) is 0 Å². The topological polar surface area (TPSA) is 30.9 Å². The monoisotopic (exact) mass is 535 g/mol. The molecule has 35 heavy (non-hydrogen) atoms. The molecule has 5 heteroatoms. The first-order valence-corrected chi connectivity index (χ1v) is 13.3. The zero-order valence-corrected chi connectivity index (χ0v) is 22.4. The Morgan fingerprint density at radius 2 is 1.57 bits per heavy atom. The highest BCUT2D eigenvalue weighted by atomic mass is 79.9. The Morgan fingerprint density at radius 3 is 2.26 bits per heavy atom. The standard InChI is InChI=1S/C30H34BrNO3/c1-30(2)29(22-6-10-23(31)11-7-22)28(26-15-14-25(33-3)20-27(26)35-30)21-8-12-24(13-9-21)34-19-18-32-16-4-5-17-32/h6-15,20,28-29H,4-5,16-19H2,1-3H3. The van der Waals surface area contributed by atoms with Crippen molar-refractivity contribution in [2.24, 2.45) is 0 Å². The summed E-state index contributed by atoms with van der Waals surface area (Å²) in [5, 5.41) is 0. The van der Waals surface area contributed by atoms with E-state index >= 15 is 0 Å². The third-order valence-electron chi connectivity index (χ3n) is 7.35. The SMILES string of the molecule is COc1ccc2c(c1)OC(C)(C)C(c1ccc(Br)cc1)C2c1ccc(OCCN2CCCC2)cc1. The first-order valence-electron chi connectivity index (χ1n) is 12.5. The van der Waals surface area contributed by atoms with Crippen LogP contribution in [0, 0.1) is 0 Å². The molecule has 2 aliphatic heterocycles. The summed E-state index contributed by atoms with van der Waals surface area (Å²) in [5.41, 5.74) is 3.28. The van der Waals surface area contributed by atoms with Gasteiger partial charge in [0.25, 0.3) is 0 Å². The first-order chi connectivity index (χ1) is 16.9. The second kappa shape index (κ2) is 10.2. The van der Waals surface area contributed by atoms with Crippen LogP contribution in [0.2, 0.25) is 0 Å². The lowest BCUT2D eigenvalue weighted by Crippen LogP contribution is -2.43. The number of benzene rings is 3. The predicted octanol–water partition coefficient (Wildman–Crippen LogP) is 7.02. The average Bonchev–Trinajstić information content (AvgIpc) is 3.37. The molecule has 0 aromatic heterocycles. The Labute approximate surface area is 217 Å². The van der Waals surface area contributed by atoms with Crippen molar-refractivity contribution in [1.82, 2.24) is 4.90 Å². The molecular formula is C30H34BrNO3. The Morgan fingerprint density at radius 1 is 0.914 bits per heavy atom. The van der Waals surface area contributed by atoms with Crippen LogP contribution in [0.1, 0.15) is 55.2 Å². The lowest BCUT2D eigenvalue weighted by atomic mass is 9.68. The second-order valence-corrected chi connectivity index (χ2v) is 11.0. The molecular weight excluding hydrogens is 502 g/mol. The van der Waals surface area contributed by atoms with Crippen molar-refractivity contribution >= 4 is 15.9 Å². The largest absolute Gasteiger partial charge is 0.497 e. The third kappa shape index (κ3) is 5.22. The van der Waals surface area contributed by atoms with Crippen molar-refractivity contribution in [3.05, 3.63) is 87.9 Å². The van der Waals surface area contributed by atoms with Gasteiger partial charge >= 0.3 is 0 Å². The van der Waals surface area contributed by atoms with Gasteiger partial charge in [0.2, 0.25) is 0 Å². The van der Waals surface area contributed by atoms with Crippen LogP contribution in [0.3, 0.4) is 0 Å². The van der Waals surface area contributed by atoms with Gasteiger partial charge in [-0.3, -0.25) is 4.90 Å². The van der Waals surface area contributed by atoms with E-state index in [-0.39, 0.29) is 11.8 Å². The summed E-state index contributed by atoms with van der Waals surface area (Å²) in [5.74, 6) is 2.90. The molecule has 3 aromatic rings. The van der Waals surface area contributed by atoms with E-state index in [1.807, 2.05) is 12.1 Å². The Hall–Kier alpha value is -2.50. The molecule has 0 amide bonds. The van der Waals surface area contributed by atoms with Crippen LogP contribution < -0.4 is 14.2 Å². The molecule has 2 heterocycles. The van der Waals surface area contributed by atoms with Crippen molar-refractivity contribution in [2.75, 3.05) is 33.4 Å². The minimum Gasteiger partial charge on any atom is -0.497 e. The summed E-state index contributed by atoms with van der Waals surface area (Å²) in [6.45, 7) is 8.49. The van der Waals surface area contributed by atoms with E-state index in [0.29, 0.717) is 0 Å². The maximum atomic E-state index is 6.62. The molecule has 3 aromatic carbocycles. The molecule has 4 nitrogen and oxygen atoms in total. The van der Waals surface area contributed by atoms with E-state index in [2.05, 4.69) is 89.3 Å². The quantitative estimate of drug-likeness (QED) is 0.325. The van der Waals surface area contributed by atoms with Gasteiger partial charge < -0.3 is 14.2 Å². The number of fused-ring (bicyclic) bond motifs is 1. The maximum absolute atomic E-state index is 6.62. The molecule has 0 saturated carbocycles. The normalized spacial score (nSPS) is 21.3. The number of methoxy groups -OCH3 is 1. The number of rotatable bonds is 7. The van der Waals surface area contributed by atoms with Gasteiger partial charge in [0.05, 0.1) is 7.11 Å². The molecule has 1 fully saturated rings. The van der Waals surface area contributed by atoms with E-state index in [1.54, 1.807) is 7.11 Å². The summed E-state index contributed by atoms with van der Waals surface area (Å²) in [6.07, 6.45) is 2.62. The van der Waals surface area contributed by atoms with Crippen LogP contribution in [-0.4, -0.2) is 43.9 Å². The summed E-state index contributed by atoms with van der Waals surface area (Å²) < 4.78 is 19.3. The molecule has 2 atom stereocenters. The smallest absolute Gasteiger partial charge is 0.127 e. The van der Waals surface area contributed by atoms with Crippen LogP contribution in [0.25, 0.3) is 0 Å². The zero-order chi connectivity index (χ0) is 24.4. The number of halogens is 1. The van der Waals surface area contributed by atoms with Crippen LogP contribution in [0.15, 0.2) is 71.2 Å². The van der Waals surface area contributed by atoms with E-state index in [4.69, 9.17) is 14.2 Å². The lowest BCUT2D eigenvalue weighted by molar-refractivity contribution is 0.0528. The molecule has 5 rings (SSSR count). The predicted molar refractivity (Wildman–Crippen MR) is 144 cm³/mol. The third-order valence-corrected chi connectivity index (χ3v) is 7.88. The molecule has 0 aliphatic carbocycles. The number of hydrogen-bond acceptors (Lipinski definition) is 4. The highest BCUT2D eigenvalue weighted by Gasteiger charge is 2.45. The lowest BCUT2D eigenvalue weighted by Gasteiger charge is -2.45. The molecule has 184 valence electrons. The fraction of sp³-hybridized carbons (Fsp3) is 0.400. The van der Waals surface area contributed by atoms with Crippen LogP contribution in [0.5, 0.6) is 17.2 Å². The molecule has 0 bridgehead atoms. The molecule has 0 spiro atoms. The Balaban J connectivity index is 1.47. The van der Waals surface area contributed by atoms with Gasteiger partial charge in [-0.25, -0.2) is 0 Å². The summed E-state index contributed by atoms with van der Waals surface area (Å²) >= 11 is 3.59. The van der Waals surface area contributed by atoms with E-state index in [0.717, 1.165) is 34.9 Å². The van der Waals surface area contributed by atoms with E-state index in [9.17, 15) is 0 Å². The van der Waals surface area contributed by atoms with Gasteiger partial charge in [-0.05, 0) is 81.2 Å². The fourth-order valence-corrected chi connectivity index (χ4v) is 5.89. The Kier molecular flexibility index (Phi) is 7.08. The van der Waals surface area contributed by atoms with Gasteiger partial charge in [0.1, 0.15) is 29.5 Å². The number of likely N-dealkylation sites (tertiary alicyclic amines) is 1. The number of hydrogen-bond donors (Lipinski definition) is 0. The molecule has 2 aliphatic rings. The molecule has 0 N–H and O–H groups in total. The molecule has 2 unspecified atom stereocenters. The summed E-state index contributed by atoms with van der Waals surface area (Å²) in [7, 11) is 1.69. The maximum Gasteiger partial charge on any atom is 0.127 e. The van der Waals surface area contributed by atoms with Crippen molar-refractivity contribution in [3.8, 4) is 17.2 Å². The van der Waals surface area contributed by atoms with E-state index < -0.39 is 5.60 Å².